The molecule has 1 rings (SSSR count). The first kappa shape index (κ1) is 13.0. The zero-order valence-electron chi connectivity index (χ0n) is 9.63. The summed E-state index contributed by atoms with van der Waals surface area (Å²) < 4.78 is 0. The van der Waals surface area contributed by atoms with Gasteiger partial charge in [0.25, 0.3) is 5.69 Å². The van der Waals surface area contributed by atoms with Crippen LogP contribution in [0.1, 0.15) is 6.42 Å². The van der Waals surface area contributed by atoms with Crippen molar-refractivity contribution in [3.8, 4) is 0 Å². The summed E-state index contributed by atoms with van der Waals surface area (Å²) >= 11 is 0. The van der Waals surface area contributed by atoms with E-state index in [9.17, 15) is 14.9 Å². The fourth-order valence-electron chi connectivity index (χ4n) is 1.31. The summed E-state index contributed by atoms with van der Waals surface area (Å²) in [5.41, 5.74) is 0.917. The van der Waals surface area contributed by atoms with Gasteiger partial charge in [-0.25, -0.2) is 0 Å². The molecule has 0 fully saturated rings. The van der Waals surface area contributed by atoms with Crippen LogP contribution in [0.2, 0.25) is 0 Å². The van der Waals surface area contributed by atoms with E-state index in [1.54, 1.807) is 24.1 Å². The molecule has 1 aromatic carbocycles. The standard InChI is InChI=1S/C11H15N3O3/c1-13(9-15)8-2-7-12-10-3-5-11(6-4-10)14(16)17/h3-6,9,12H,2,7-8H2,1H3. The number of nitrogens with zero attached hydrogens (tertiary/aromatic N) is 2. The monoisotopic (exact) mass is 237 g/mol. The van der Waals surface area contributed by atoms with Crippen LogP contribution in [0.3, 0.4) is 0 Å². The summed E-state index contributed by atoms with van der Waals surface area (Å²) in [4.78, 5) is 21.9. The highest BCUT2D eigenvalue weighted by atomic mass is 16.6. The van der Waals surface area contributed by atoms with E-state index in [4.69, 9.17) is 0 Å². The van der Waals surface area contributed by atoms with E-state index in [1.165, 1.54) is 12.1 Å². The Kier molecular flexibility index (Phi) is 4.93. The molecule has 6 nitrogen and oxygen atoms in total. The van der Waals surface area contributed by atoms with Gasteiger partial charge in [-0.1, -0.05) is 0 Å². The van der Waals surface area contributed by atoms with Crippen molar-refractivity contribution in [2.75, 3.05) is 25.5 Å². The van der Waals surface area contributed by atoms with Gasteiger partial charge >= 0.3 is 0 Å². The molecule has 0 saturated heterocycles. The first-order chi connectivity index (χ1) is 8.13. The molecule has 0 aliphatic carbocycles. The molecule has 0 radical (unpaired) electrons. The van der Waals surface area contributed by atoms with Crippen molar-refractivity contribution in [3.63, 3.8) is 0 Å². The highest BCUT2D eigenvalue weighted by Gasteiger charge is 2.03. The predicted octanol–water partition coefficient (Wildman–Crippen LogP) is 1.48. The maximum atomic E-state index is 10.4. The number of rotatable bonds is 7. The van der Waals surface area contributed by atoms with Crippen LogP contribution < -0.4 is 5.32 Å². The molecule has 0 saturated carbocycles. The van der Waals surface area contributed by atoms with Crippen molar-refractivity contribution in [2.45, 2.75) is 6.42 Å². The average molecular weight is 237 g/mol. The Hall–Kier alpha value is -2.11. The maximum Gasteiger partial charge on any atom is 0.269 e. The van der Waals surface area contributed by atoms with Gasteiger partial charge in [0.15, 0.2) is 0 Å². The van der Waals surface area contributed by atoms with Crippen LogP contribution in [-0.4, -0.2) is 36.4 Å². The van der Waals surface area contributed by atoms with E-state index >= 15 is 0 Å². The second-order valence-electron chi connectivity index (χ2n) is 3.67. The Balaban J connectivity index is 2.32. The van der Waals surface area contributed by atoms with Crippen molar-refractivity contribution in [2.24, 2.45) is 0 Å². The summed E-state index contributed by atoms with van der Waals surface area (Å²) in [7, 11) is 1.72. The number of benzene rings is 1. The summed E-state index contributed by atoms with van der Waals surface area (Å²) in [5, 5.41) is 13.6. The van der Waals surface area contributed by atoms with Crippen molar-refractivity contribution in [3.05, 3.63) is 34.4 Å². The first-order valence-corrected chi connectivity index (χ1v) is 5.27. The fraction of sp³-hybridized carbons (Fsp3) is 0.364. The molecule has 6 heteroatoms. The Morgan fingerprint density at radius 3 is 2.59 bits per heavy atom. The van der Waals surface area contributed by atoms with Gasteiger partial charge in [-0.3, -0.25) is 14.9 Å². The van der Waals surface area contributed by atoms with Crippen molar-refractivity contribution < 1.29 is 9.72 Å². The van der Waals surface area contributed by atoms with Gasteiger partial charge < -0.3 is 10.2 Å². The third-order valence-corrected chi connectivity index (χ3v) is 2.27. The molecule has 1 N–H and O–H groups in total. The smallest absolute Gasteiger partial charge is 0.269 e. The number of anilines is 1. The largest absolute Gasteiger partial charge is 0.385 e. The molecule has 0 spiro atoms. The number of non-ortho nitro benzene ring substituents is 1. The van der Waals surface area contributed by atoms with Crippen LogP contribution in [0.25, 0.3) is 0 Å². The quantitative estimate of drug-likeness (QED) is 0.337. The number of nitro benzene ring substituents is 1. The summed E-state index contributed by atoms with van der Waals surface area (Å²) in [6.07, 6.45) is 1.61. The van der Waals surface area contributed by atoms with Gasteiger partial charge in [0, 0.05) is 38.0 Å². The van der Waals surface area contributed by atoms with Crippen LogP contribution in [-0.2, 0) is 4.79 Å². The molecule has 0 atom stereocenters. The second kappa shape index (κ2) is 6.47. The Bertz CT molecular complexity index is 378. The zero-order chi connectivity index (χ0) is 12.7. The Morgan fingerprint density at radius 2 is 2.06 bits per heavy atom. The van der Waals surface area contributed by atoms with E-state index in [1.807, 2.05) is 0 Å². The maximum absolute atomic E-state index is 10.4. The lowest BCUT2D eigenvalue weighted by molar-refractivity contribution is -0.384. The number of nitrogens with one attached hydrogen (secondary N) is 1. The van der Waals surface area contributed by atoms with Crippen LogP contribution in [0.5, 0.6) is 0 Å². The number of carbonyl (C=O) groups excluding carboxylic acids is 1. The lowest BCUT2D eigenvalue weighted by atomic mass is 10.3. The molecular formula is C11H15N3O3. The topological polar surface area (TPSA) is 75.5 Å². The molecule has 0 bridgehead atoms. The normalized spacial score (nSPS) is 9.71. The highest BCUT2D eigenvalue weighted by molar-refractivity contribution is 5.48. The fourth-order valence-corrected chi connectivity index (χ4v) is 1.31. The van der Waals surface area contributed by atoms with Crippen molar-refractivity contribution in [1.29, 1.82) is 0 Å². The molecule has 0 unspecified atom stereocenters. The third kappa shape index (κ3) is 4.50. The predicted molar refractivity (Wildman–Crippen MR) is 64.9 cm³/mol. The lowest BCUT2D eigenvalue weighted by Gasteiger charge is -2.11. The van der Waals surface area contributed by atoms with E-state index in [0.29, 0.717) is 6.54 Å². The molecule has 0 aliphatic rings. The Morgan fingerprint density at radius 1 is 1.41 bits per heavy atom. The molecule has 1 aromatic rings. The number of nitro groups is 1. The number of hydrogen-bond donors (Lipinski definition) is 1. The van der Waals surface area contributed by atoms with Gasteiger partial charge in [-0.2, -0.15) is 0 Å². The minimum atomic E-state index is -0.428. The molecule has 0 aliphatic heterocycles. The van der Waals surface area contributed by atoms with Crippen molar-refractivity contribution in [1.82, 2.24) is 4.90 Å². The minimum Gasteiger partial charge on any atom is -0.385 e. The SMILES string of the molecule is CN(C=O)CCCNc1ccc([N+](=O)[O-])cc1. The highest BCUT2D eigenvalue weighted by Crippen LogP contribution is 2.15. The van der Waals surface area contributed by atoms with Crippen LogP contribution in [0.4, 0.5) is 11.4 Å². The van der Waals surface area contributed by atoms with E-state index in [0.717, 1.165) is 25.1 Å². The van der Waals surface area contributed by atoms with Gasteiger partial charge in [0.1, 0.15) is 0 Å². The van der Waals surface area contributed by atoms with E-state index < -0.39 is 4.92 Å². The van der Waals surface area contributed by atoms with Gasteiger partial charge in [0.05, 0.1) is 4.92 Å². The second-order valence-corrected chi connectivity index (χ2v) is 3.67. The summed E-state index contributed by atoms with van der Waals surface area (Å²) in [5.74, 6) is 0. The average Bonchev–Trinajstić information content (AvgIpc) is 2.34. The lowest BCUT2D eigenvalue weighted by Crippen LogP contribution is -2.19. The minimum absolute atomic E-state index is 0.0799. The number of hydrogen-bond acceptors (Lipinski definition) is 4. The van der Waals surface area contributed by atoms with Gasteiger partial charge in [-0.05, 0) is 18.6 Å². The van der Waals surface area contributed by atoms with Crippen molar-refractivity contribution >= 4 is 17.8 Å². The molecular weight excluding hydrogens is 222 g/mol. The third-order valence-electron chi connectivity index (χ3n) is 2.27. The van der Waals surface area contributed by atoms with Crippen LogP contribution in [0.15, 0.2) is 24.3 Å². The van der Waals surface area contributed by atoms with Gasteiger partial charge in [0.2, 0.25) is 6.41 Å². The van der Waals surface area contributed by atoms with Gasteiger partial charge in [-0.15, -0.1) is 0 Å². The zero-order valence-corrected chi connectivity index (χ0v) is 9.63. The Labute approximate surface area is 99.4 Å². The number of carbonyl (C=O) groups is 1. The number of amides is 1. The summed E-state index contributed by atoms with van der Waals surface area (Å²) in [6.45, 7) is 1.40. The summed E-state index contributed by atoms with van der Waals surface area (Å²) in [6, 6.07) is 6.25. The van der Waals surface area contributed by atoms with E-state index in [-0.39, 0.29) is 5.69 Å². The van der Waals surface area contributed by atoms with Crippen LogP contribution in [0, 0.1) is 10.1 Å². The molecule has 92 valence electrons. The molecule has 0 heterocycles. The van der Waals surface area contributed by atoms with E-state index in [2.05, 4.69) is 5.32 Å². The molecule has 1 amide bonds. The molecule has 17 heavy (non-hydrogen) atoms. The van der Waals surface area contributed by atoms with Crippen LogP contribution >= 0.6 is 0 Å². The first-order valence-electron chi connectivity index (χ1n) is 5.27. The molecule has 0 aromatic heterocycles.